The zero-order valence-electron chi connectivity index (χ0n) is 10.4. The fourth-order valence-electron chi connectivity index (χ4n) is 2.03. The number of hydrogen-bond donors (Lipinski definition) is 1. The van der Waals surface area contributed by atoms with Gasteiger partial charge in [0, 0.05) is 18.9 Å². The fourth-order valence-corrected chi connectivity index (χ4v) is 2.03. The Morgan fingerprint density at radius 2 is 2.28 bits per heavy atom. The third-order valence-electron chi connectivity index (χ3n) is 3.03. The fraction of sp³-hybridized carbons (Fsp3) is 0.385. The molecule has 0 aliphatic rings. The minimum Gasteiger partial charge on any atom is -0.330 e. The molecule has 1 heterocycles. The van der Waals surface area contributed by atoms with E-state index in [1.54, 1.807) is 6.07 Å². The Hall–Kier alpha value is -1.75. The van der Waals surface area contributed by atoms with Crippen molar-refractivity contribution < 1.29 is 4.39 Å². The van der Waals surface area contributed by atoms with Gasteiger partial charge >= 0.3 is 0 Å². The molecule has 18 heavy (non-hydrogen) atoms. The van der Waals surface area contributed by atoms with Gasteiger partial charge in [0.05, 0.1) is 0 Å². The highest BCUT2D eigenvalue weighted by Crippen LogP contribution is 2.19. The van der Waals surface area contributed by atoms with Crippen LogP contribution in [-0.2, 0) is 13.0 Å². The molecule has 4 nitrogen and oxygen atoms in total. The lowest BCUT2D eigenvalue weighted by Crippen LogP contribution is -2.18. The SMILES string of the molecule is CCn1ncnc1CC(CN)c1cccc(F)c1. The molecular formula is C13H17FN4. The van der Waals surface area contributed by atoms with Gasteiger partial charge in [0.15, 0.2) is 0 Å². The predicted octanol–water partition coefficient (Wildman–Crippen LogP) is 1.72. The lowest BCUT2D eigenvalue weighted by atomic mass is 9.95. The minimum absolute atomic E-state index is 0.0650. The number of aromatic nitrogens is 3. The third-order valence-corrected chi connectivity index (χ3v) is 3.03. The van der Waals surface area contributed by atoms with E-state index in [1.165, 1.54) is 18.5 Å². The van der Waals surface area contributed by atoms with Crippen LogP contribution in [0.3, 0.4) is 0 Å². The van der Waals surface area contributed by atoms with E-state index < -0.39 is 0 Å². The summed E-state index contributed by atoms with van der Waals surface area (Å²) in [6, 6.07) is 6.57. The molecule has 1 atom stereocenters. The highest BCUT2D eigenvalue weighted by molar-refractivity contribution is 5.22. The summed E-state index contributed by atoms with van der Waals surface area (Å²) >= 11 is 0. The van der Waals surface area contributed by atoms with E-state index in [0.717, 1.165) is 17.9 Å². The summed E-state index contributed by atoms with van der Waals surface area (Å²) in [5.74, 6) is 0.718. The normalized spacial score (nSPS) is 12.6. The number of aryl methyl sites for hydroxylation is 1. The van der Waals surface area contributed by atoms with E-state index >= 15 is 0 Å². The summed E-state index contributed by atoms with van der Waals surface area (Å²) < 4.78 is 15.0. The van der Waals surface area contributed by atoms with Gasteiger partial charge in [-0.15, -0.1) is 0 Å². The first-order chi connectivity index (χ1) is 8.74. The molecule has 1 unspecified atom stereocenters. The number of nitrogens with zero attached hydrogens (tertiary/aromatic N) is 3. The van der Waals surface area contributed by atoms with Crippen molar-refractivity contribution in [3.8, 4) is 0 Å². The van der Waals surface area contributed by atoms with Gasteiger partial charge in [0.25, 0.3) is 0 Å². The van der Waals surface area contributed by atoms with Crippen LogP contribution in [0.5, 0.6) is 0 Å². The van der Waals surface area contributed by atoms with Gasteiger partial charge in [-0.1, -0.05) is 12.1 Å². The highest BCUT2D eigenvalue weighted by Gasteiger charge is 2.14. The first-order valence-corrected chi connectivity index (χ1v) is 6.06. The maximum atomic E-state index is 13.2. The molecule has 1 aromatic heterocycles. The number of halogens is 1. The first kappa shape index (κ1) is 12.7. The zero-order chi connectivity index (χ0) is 13.0. The van der Waals surface area contributed by atoms with Crippen molar-refractivity contribution in [2.45, 2.75) is 25.8 Å². The van der Waals surface area contributed by atoms with Crippen LogP contribution in [0.1, 0.15) is 24.2 Å². The predicted molar refractivity (Wildman–Crippen MR) is 67.6 cm³/mol. The number of nitrogens with two attached hydrogens (primary N) is 1. The molecule has 2 aromatic rings. The number of benzene rings is 1. The molecule has 0 saturated carbocycles. The van der Waals surface area contributed by atoms with Crippen molar-refractivity contribution >= 4 is 0 Å². The van der Waals surface area contributed by atoms with Gasteiger partial charge in [-0.2, -0.15) is 5.10 Å². The molecule has 0 aliphatic carbocycles. The van der Waals surface area contributed by atoms with E-state index in [2.05, 4.69) is 10.1 Å². The van der Waals surface area contributed by atoms with Gasteiger partial charge in [0.1, 0.15) is 18.0 Å². The van der Waals surface area contributed by atoms with Crippen molar-refractivity contribution in [1.29, 1.82) is 0 Å². The van der Waals surface area contributed by atoms with E-state index in [4.69, 9.17) is 5.73 Å². The van der Waals surface area contributed by atoms with Gasteiger partial charge in [0.2, 0.25) is 0 Å². The van der Waals surface area contributed by atoms with Crippen molar-refractivity contribution in [3.05, 3.63) is 47.8 Å². The Labute approximate surface area is 106 Å². The van der Waals surface area contributed by atoms with E-state index in [9.17, 15) is 4.39 Å². The van der Waals surface area contributed by atoms with Crippen LogP contribution < -0.4 is 5.73 Å². The van der Waals surface area contributed by atoms with Crippen LogP contribution in [0.15, 0.2) is 30.6 Å². The average molecular weight is 248 g/mol. The van der Waals surface area contributed by atoms with E-state index in [1.807, 2.05) is 17.7 Å². The van der Waals surface area contributed by atoms with E-state index in [0.29, 0.717) is 13.0 Å². The molecule has 2 N–H and O–H groups in total. The van der Waals surface area contributed by atoms with Crippen molar-refractivity contribution in [2.75, 3.05) is 6.54 Å². The molecule has 0 aliphatic heterocycles. The lowest BCUT2D eigenvalue weighted by Gasteiger charge is -2.15. The van der Waals surface area contributed by atoms with Crippen LogP contribution in [0.2, 0.25) is 0 Å². The molecule has 96 valence electrons. The molecule has 1 aromatic carbocycles. The van der Waals surface area contributed by atoms with Gasteiger partial charge in [-0.3, -0.25) is 4.68 Å². The largest absolute Gasteiger partial charge is 0.330 e. The van der Waals surface area contributed by atoms with Gasteiger partial charge in [-0.05, 0) is 31.2 Å². The summed E-state index contributed by atoms with van der Waals surface area (Å²) in [5.41, 5.74) is 6.69. The lowest BCUT2D eigenvalue weighted by molar-refractivity contribution is 0.571. The van der Waals surface area contributed by atoms with Gasteiger partial charge in [-0.25, -0.2) is 9.37 Å². The molecule has 0 fully saturated rings. The Kier molecular flexibility index (Phi) is 4.04. The van der Waals surface area contributed by atoms with Crippen molar-refractivity contribution in [2.24, 2.45) is 5.73 Å². The summed E-state index contributed by atoms with van der Waals surface area (Å²) in [6.07, 6.45) is 2.21. The van der Waals surface area contributed by atoms with Crippen LogP contribution in [0.4, 0.5) is 4.39 Å². The topological polar surface area (TPSA) is 56.7 Å². The minimum atomic E-state index is -0.233. The first-order valence-electron chi connectivity index (χ1n) is 6.06. The van der Waals surface area contributed by atoms with Crippen molar-refractivity contribution in [3.63, 3.8) is 0 Å². The number of hydrogen-bond acceptors (Lipinski definition) is 3. The molecule has 5 heteroatoms. The number of rotatable bonds is 5. The third kappa shape index (κ3) is 2.73. The van der Waals surface area contributed by atoms with Crippen molar-refractivity contribution in [1.82, 2.24) is 14.8 Å². The standard InChI is InChI=1S/C13H17FN4/c1-2-18-13(16-9-17-18)7-11(8-15)10-4-3-5-12(14)6-10/h3-6,9,11H,2,7-8,15H2,1H3. The second-order valence-electron chi connectivity index (χ2n) is 4.18. The second kappa shape index (κ2) is 5.73. The Morgan fingerprint density at radius 3 is 2.94 bits per heavy atom. The molecule has 0 radical (unpaired) electrons. The summed E-state index contributed by atoms with van der Waals surface area (Å²) in [7, 11) is 0. The van der Waals surface area contributed by atoms with Gasteiger partial charge < -0.3 is 5.73 Å². The molecule has 0 amide bonds. The van der Waals surface area contributed by atoms with E-state index in [-0.39, 0.29) is 11.7 Å². The smallest absolute Gasteiger partial charge is 0.138 e. The maximum absolute atomic E-state index is 13.2. The molecule has 0 bridgehead atoms. The van der Waals surface area contributed by atoms with Crippen LogP contribution >= 0.6 is 0 Å². The summed E-state index contributed by atoms with van der Waals surface area (Å²) in [4.78, 5) is 4.23. The van der Waals surface area contributed by atoms with Crippen LogP contribution in [0, 0.1) is 5.82 Å². The second-order valence-corrected chi connectivity index (χ2v) is 4.18. The zero-order valence-corrected chi connectivity index (χ0v) is 10.4. The Balaban J connectivity index is 2.20. The summed E-state index contributed by atoms with van der Waals surface area (Å²) in [6.45, 7) is 3.24. The van der Waals surface area contributed by atoms with Crippen LogP contribution in [0.25, 0.3) is 0 Å². The molecule has 0 spiro atoms. The Morgan fingerprint density at radius 1 is 1.44 bits per heavy atom. The highest BCUT2D eigenvalue weighted by atomic mass is 19.1. The monoisotopic (exact) mass is 248 g/mol. The molecule has 2 rings (SSSR count). The Bertz CT molecular complexity index is 509. The maximum Gasteiger partial charge on any atom is 0.138 e. The molecular weight excluding hydrogens is 231 g/mol. The quantitative estimate of drug-likeness (QED) is 0.876. The summed E-state index contributed by atoms with van der Waals surface area (Å²) in [5, 5.41) is 4.12. The average Bonchev–Trinajstić information content (AvgIpc) is 2.83. The molecule has 0 saturated heterocycles. The van der Waals surface area contributed by atoms with Crippen LogP contribution in [-0.4, -0.2) is 21.3 Å².